The first-order chi connectivity index (χ1) is 11.7. The van der Waals surface area contributed by atoms with E-state index in [1.165, 1.54) is 0 Å². The number of benzene rings is 3. The van der Waals surface area contributed by atoms with Gasteiger partial charge >= 0.3 is 0 Å². The van der Waals surface area contributed by atoms with Gasteiger partial charge in [-0.2, -0.15) is 0 Å². The van der Waals surface area contributed by atoms with Crippen LogP contribution in [0.25, 0.3) is 10.8 Å². The summed E-state index contributed by atoms with van der Waals surface area (Å²) in [7, 11) is 0. The van der Waals surface area contributed by atoms with E-state index in [1.54, 1.807) is 6.92 Å². The SMILES string of the molecule is CC(=O)C1=C(C)Oc2ccc3ccccc3c2C1c1ccccc1. The fourth-order valence-electron chi connectivity index (χ4n) is 3.66. The van der Waals surface area contributed by atoms with Gasteiger partial charge in [-0.25, -0.2) is 0 Å². The minimum absolute atomic E-state index is 0.0555. The Balaban J connectivity index is 2.08. The molecule has 0 aromatic heterocycles. The van der Waals surface area contributed by atoms with E-state index in [0.29, 0.717) is 5.76 Å². The van der Waals surface area contributed by atoms with Crippen LogP contribution in [0.4, 0.5) is 0 Å². The Morgan fingerprint density at radius 1 is 0.917 bits per heavy atom. The van der Waals surface area contributed by atoms with E-state index in [4.69, 9.17) is 4.74 Å². The molecular formula is C22H18O2. The lowest BCUT2D eigenvalue weighted by atomic mass is 9.79. The highest BCUT2D eigenvalue weighted by molar-refractivity contribution is 5.99. The van der Waals surface area contributed by atoms with E-state index in [1.807, 2.05) is 43.3 Å². The molecule has 2 heteroatoms. The Kier molecular flexibility index (Phi) is 3.46. The number of Topliss-reactive ketones (excluding diaryl/α,β-unsaturated/α-hetero) is 1. The van der Waals surface area contributed by atoms with Crippen molar-refractivity contribution in [1.29, 1.82) is 0 Å². The van der Waals surface area contributed by atoms with Crippen LogP contribution in [0.1, 0.15) is 30.9 Å². The van der Waals surface area contributed by atoms with E-state index in [9.17, 15) is 4.79 Å². The number of hydrogen-bond donors (Lipinski definition) is 0. The van der Waals surface area contributed by atoms with Gasteiger partial charge < -0.3 is 4.74 Å². The van der Waals surface area contributed by atoms with Gasteiger partial charge in [0.1, 0.15) is 11.5 Å². The number of carbonyl (C=O) groups is 1. The first-order valence-corrected chi connectivity index (χ1v) is 8.13. The van der Waals surface area contributed by atoms with Gasteiger partial charge in [0.15, 0.2) is 5.78 Å². The molecule has 1 unspecified atom stereocenters. The maximum absolute atomic E-state index is 12.4. The minimum Gasteiger partial charge on any atom is -0.461 e. The summed E-state index contributed by atoms with van der Waals surface area (Å²) in [5.41, 5.74) is 2.93. The highest BCUT2D eigenvalue weighted by Gasteiger charge is 2.33. The lowest BCUT2D eigenvalue weighted by molar-refractivity contribution is -0.114. The van der Waals surface area contributed by atoms with E-state index >= 15 is 0 Å². The van der Waals surface area contributed by atoms with Crippen LogP contribution in [0, 0.1) is 0 Å². The number of carbonyl (C=O) groups excluding carboxylic acids is 1. The third-order valence-electron chi connectivity index (χ3n) is 4.66. The fraction of sp³-hybridized carbons (Fsp3) is 0.136. The Labute approximate surface area is 141 Å². The van der Waals surface area contributed by atoms with Gasteiger partial charge in [0.2, 0.25) is 0 Å². The maximum atomic E-state index is 12.4. The average molecular weight is 314 g/mol. The molecule has 3 aromatic carbocycles. The molecule has 4 rings (SSSR count). The lowest BCUT2D eigenvalue weighted by Gasteiger charge is -2.30. The summed E-state index contributed by atoms with van der Waals surface area (Å²) in [5.74, 6) is 1.49. The molecule has 0 radical (unpaired) electrons. The molecule has 1 heterocycles. The van der Waals surface area contributed by atoms with Gasteiger partial charge in [-0.05, 0) is 36.2 Å². The Morgan fingerprint density at radius 3 is 2.38 bits per heavy atom. The topological polar surface area (TPSA) is 26.3 Å². The van der Waals surface area contributed by atoms with Crippen molar-refractivity contribution in [1.82, 2.24) is 0 Å². The number of allylic oxidation sites excluding steroid dienone is 2. The van der Waals surface area contributed by atoms with Gasteiger partial charge in [0.05, 0.1) is 0 Å². The lowest BCUT2D eigenvalue weighted by Crippen LogP contribution is -2.20. The molecule has 0 aliphatic carbocycles. The number of ketones is 1. The van der Waals surface area contributed by atoms with Crippen LogP contribution in [-0.4, -0.2) is 5.78 Å². The summed E-state index contributed by atoms with van der Waals surface area (Å²) in [6.45, 7) is 3.50. The van der Waals surface area contributed by atoms with Gasteiger partial charge in [0, 0.05) is 17.1 Å². The molecule has 0 fully saturated rings. The summed E-state index contributed by atoms with van der Waals surface area (Å²) in [6, 6.07) is 22.5. The molecule has 1 atom stereocenters. The Bertz CT molecular complexity index is 968. The molecule has 0 amide bonds. The molecule has 2 nitrogen and oxygen atoms in total. The van der Waals surface area contributed by atoms with Crippen molar-refractivity contribution < 1.29 is 9.53 Å². The predicted molar refractivity (Wildman–Crippen MR) is 96.2 cm³/mol. The second kappa shape index (κ2) is 5.64. The average Bonchev–Trinajstić information content (AvgIpc) is 2.60. The number of rotatable bonds is 2. The Morgan fingerprint density at radius 2 is 1.62 bits per heavy atom. The molecule has 1 aliphatic rings. The molecule has 0 bridgehead atoms. The molecule has 3 aromatic rings. The number of fused-ring (bicyclic) bond motifs is 3. The van der Waals surface area contributed by atoms with E-state index in [-0.39, 0.29) is 11.7 Å². The van der Waals surface area contributed by atoms with Crippen LogP contribution < -0.4 is 4.74 Å². The maximum Gasteiger partial charge on any atom is 0.160 e. The van der Waals surface area contributed by atoms with Crippen LogP contribution in [0.3, 0.4) is 0 Å². The van der Waals surface area contributed by atoms with Gasteiger partial charge in [-0.3, -0.25) is 4.79 Å². The van der Waals surface area contributed by atoms with Crippen LogP contribution in [0.2, 0.25) is 0 Å². The standard InChI is InChI=1S/C22H18O2/c1-14(23)20-15(2)24-19-13-12-16-8-6-7-11-18(16)22(19)21(20)17-9-4-3-5-10-17/h3-13,21H,1-2H3. The second-order valence-electron chi connectivity index (χ2n) is 6.17. The summed E-state index contributed by atoms with van der Waals surface area (Å²) in [4.78, 5) is 12.4. The highest BCUT2D eigenvalue weighted by Crippen LogP contribution is 2.46. The van der Waals surface area contributed by atoms with Crippen molar-refractivity contribution >= 4 is 16.6 Å². The summed E-state index contributed by atoms with van der Waals surface area (Å²) in [6.07, 6.45) is 0. The number of hydrogen-bond acceptors (Lipinski definition) is 2. The van der Waals surface area contributed by atoms with Crippen LogP contribution in [0.15, 0.2) is 78.1 Å². The summed E-state index contributed by atoms with van der Waals surface area (Å²) >= 11 is 0. The third kappa shape index (κ3) is 2.23. The van der Waals surface area contributed by atoms with E-state index in [2.05, 4.69) is 30.3 Å². The predicted octanol–water partition coefficient (Wildman–Crippen LogP) is 5.23. The molecule has 118 valence electrons. The second-order valence-corrected chi connectivity index (χ2v) is 6.17. The van der Waals surface area contributed by atoms with Gasteiger partial charge in [0.25, 0.3) is 0 Å². The van der Waals surface area contributed by atoms with Crippen LogP contribution in [0.5, 0.6) is 5.75 Å². The Hall–Kier alpha value is -2.87. The van der Waals surface area contributed by atoms with Crippen molar-refractivity contribution in [2.75, 3.05) is 0 Å². The van der Waals surface area contributed by atoms with Crippen molar-refractivity contribution in [2.45, 2.75) is 19.8 Å². The van der Waals surface area contributed by atoms with Crippen molar-refractivity contribution in [3.63, 3.8) is 0 Å². The molecule has 1 aliphatic heterocycles. The smallest absolute Gasteiger partial charge is 0.160 e. The molecular weight excluding hydrogens is 296 g/mol. The van der Waals surface area contributed by atoms with Crippen molar-refractivity contribution in [2.24, 2.45) is 0 Å². The molecule has 0 N–H and O–H groups in total. The van der Waals surface area contributed by atoms with Crippen molar-refractivity contribution in [3.05, 3.63) is 89.2 Å². The van der Waals surface area contributed by atoms with Gasteiger partial charge in [-0.1, -0.05) is 60.7 Å². The molecule has 0 saturated carbocycles. The van der Waals surface area contributed by atoms with Gasteiger partial charge in [-0.15, -0.1) is 0 Å². The quantitative estimate of drug-likeness (QED) is 0.647. The summed E-state index contributed by atoms with van der Waals surface area (Å²) < 4.78 is 6.02. The summed E-state index contributed by atoms with van der Waals surface area (Å²) in [5, 5.41) is 2.29. The first-order valence-electron chi connectivity index (χ1n) is 8.13. The number of ether oxygens (including phenoxy) is 1. The van der Waals surface area contributed by atoms with Crippen molar-refractivity contribution in [3.8, 4) is 5.75 Å². The largest absolute Gasteiger partial charge is 0.461 e. The zero-order valence-corrected chi connectivity index (χ0v) is 13.7. The molecule has 0 spiro atoms. The molecule has 24 heavy (non-hydrogen) atoms. The first kappa shape index (κ1) is 14.7. The monoisotopic (exact) mass is 314 g/mol. The third-order valence-corrected chi connectivity index (χ3v) is 4.66. The van der Waals surface area contributed by atoms with Crippen LogP contribution in [-0.2, 0) is 4.79 Å². The van der Waals surface area contributed by atoms with E-state index in [0.717, 1.165) is 33.2 Å². The highest BCUT2D eigenvalue weighted by atomic mass is 16.5. The minimum atomic E-state index is -0.0986. The molecule has 0 saturated heterocycles. The van der Waals surface area contributed by atoms with E-state index < -0.39 is 0 Å². The zero-order valence-electron chi connectivity index (χ0n) is 13.7. The fourth-order valence-corrected chi connectivity index (χ4v) is 3.66. The van der Waals surface area contributed by atoms with Crippen LogP contribution >= 0.6 is 0 Å². The normalized spacial score (nSPS) is 16.7. The zero-order chi connectivity index (χ0) is 16.7.